The van der Waals surface area contributed by atoms with Gasteiger partial charge in [-0.2, -0.15) is 5.06 Å². The van der Waals surface area contributed by atoms with Crippen LogP contribution in [0, 0.1) is 0 Å². The Kier molecular flexibility index (Phi) is 4.56. The quantitative estimate of drug-likeness (QED) is 0.856. The van der Waals surface area contributed by atoms with Crippen molar-refractivity contribution in [3.8, 4) is 0 Å². The van der Waals surface area contributed by atoms with E-state index in [1.165, 1.54) is 6.92 Å². The van der Waals surface area contributed by atoms with Gasteiger partial charge in [-0.25, -0.2) is 9.59 Å². The number of carboxylic acids is 1. The van der Waals surface area contributed by atoms with Crippen molar-refractivity contribution >= 4 is 17.6 Å². The topological polar surface area (TPSA) is 66.8 Å². The number of anilines is 1. The molecule has 21 heavy (non-hydrogen) atoms. The number of aliphatic carboxylic acids is 1. The zero-order chi connectivity index (χ0) is 15.2. The molecule has 0 aliphatic heterocycles. The van der Waals surface area contributed by atoms with Crippen LogP contribution in [0.1, 0.15) is 17.3 Å². The normalized spacial score (nSPS) is 11.5. The molecule has 1 unspecified atom stereocenters. The van der Waals surface area contributed by atoms with E-state index in [1.54, 1.807) is 60.7 Å². The Labute approximate surface area is 122 Å². The van der Waals surface area contributed by atoms with E-state index in [-0.39, 0.29) is 0 Å². The Hall–Kier alpha value is -2.82. The molecule has 2 rings (SSSR count). The van der Waals surface area contributed by atoms with E-state index in [9.17, 15) is 9.59 Å². The SMILES string of the molecule is CC(C(=O)O)N(OC(=O)c1ccccc1)c1ccccc1. The van der Waals surface area contributed by atoms with Gasteiger partial charge in [0.15, 0.2) is 6.04 Å². The molecule has 2 aromatic carbocycles. The molecule has 0 aromatic heterocycles. The maximum absolute atomic E-state index is 12.1. The van der Waals surface area contributed by atoms with Crippen molar-refractivity contribution in [3.05, 3.63) is 66.2 Å². The van der Waals surface area contributed by atoms with Crippen LogP contribution in [-0.2, 0) is 9.63 Å². The van der Waals surface area contributed by atoms with Crippen LogP contribution < -0.4 is 5.06 Å². The molecule has 0 aliphatic rings. The average Bonchev–Trinajstić information content (AvgIpc) is 2.53. The fourth-order valence-electron chi connectivity index (χ4n) is 1.75. The summed E-state index contributed by atoms with van der Waals surface area (Å²) in [6.45, 7) is 1.45. The highest BCUT2D eigenvalue weighted by Crippen LogP contribution is 2.18. The maximum Gasteiger partial charge on any atom is 0.363 e. The van der Waals surface area contributed by atoms with E-state index < -0.39 is 18.0 Å². The largest absolute Gasteiger partial charge is 0.480 e. The van der Waals surface area contributed by atoms with Crippen molar-refractivity contribution in [2.75, 3.05) is 5.06 Å². The number of hydroxylamine groups is 1. The van der Waals surface area contributed by atoms with E-state index in [1.807, 2.05) is 0 Å². The third-order valence-electron chi connectivity index (χ3n) is 2.91. The Morgan fingerprint density at radius 1 is 1.00 bits per heavy atom. The minimum Gasteiger partial charge on any atom is -0.480 e. The van der Waals surface area contributed by atoms with E-state index in [2.05, 4.69) is 0 Å². The van der Waals surface area contributed by atoms with Gasteiger partial charge in [-0.05, 0) is 31.2 Å². The second-order valence-electron chi connectivity index (χ2n) is 4.42. The Bertz CT molecular complexity index is 613. The first kappa shape index (κ1) is 14.6. The summed E-state index contributed by atoms with van der Waals surface area (Å²) in [5, 5.41) is 10.3. The highest BCUT2D eigenvalue weighted by Gasteiger charge is 2.25. The lowest BCUT2D eigenvalue weighted by Crippen LogP contribution is -2.40. The van der Waals surface area contributed by atoms with E-state index >= 15 is 0 Å². The second-order valence-corrected chi connectivity index (χ2v) is 4.42. The van der Waals surface area contributed by atoms with Crippen LogP contribution in [0.2, 0.25) is 0 Å². The van der Waals surface area contributed by atoms with Crippen molar-refractivity contribution in [3.63, 3.8) is 0 Å². The zero-order valence-corrected chi connectivity index (χ0v) is 11.5. The van der Waals surface area contributed by atoms with Crippen molar-refractivity contribution < 1.29 is 19.5 Å². The molecule has 1 atom stereocenters. The van der Waals surface area contributed by atoms with Crippen LogP contribution in [0.4, 0.5) is 5.69 Å². The molecule has 0 saturated heterocycles. The number of rotatable bonds is 5. The van der Waals surface area contributed by atoms with Crippen LogP contribution in [0.3, 0.4) is 0 Å². The van der Waals surface area contributed by atoms with Gasteiger partial charge in [-0.3, -0.25) is 0 Å². The van der Waals surface area contributed by atoms with Crippen LogP contribution in [-0.4, -0.2) is 23.1 Å². The minimum absolute atomic E-state index is 0.357. The number of carbonyl (C=O) groups excluding carboxylic acids is 1. The molecule has 0 bridgehead atoms. The summed E-state index contributed by atoms with van der Waals surface area (Å²) in [5.74, 6) is -1.69. The summed E-state index contributed by atoms with van der Waals surface area (Å²) < 4.78 is 0. The van der Waals surface area contributed by atoms with Gasteiger partial charge in [0.1, 0.15) is 0 Å². The summed E-state index contributed by atoms with van der Waals surface area (Å²) in [4.78, 5) is 28.6. The van der Waals surface area contributed by atoms with Gasteiger partial charge < -0.3 is 9.94 Å². The molecule has 0 aliphatic carbocycles. The van der Waals surface area contributed by atoms with Crippen LogP contribution in [0.15, 0.2) is 60.7 Å². The highest BCUT2D eigenvalue weighted by molar-refractivity contribution is 5.90. The Balaban J connectivity index is 2.25. The van der Waals surface area contributed by atoms with Crippen LogP contribution in [0.5, 0.6) is 0 Å². The number of carbonyl (C=O) groups is 2. The van der Waals surface area contributed by atoms with E-state index in [4.69, 9.17) is 9.94 Å². The van der Waals surface area contributed by atoms with Gasteiger partial charge in [0.25, 0.3) is 0 Å². The Morgan fingerprint density at radius 3 is 2.05 bits per heavy atom. The third kappa shape index (κ3) is 3.60. The first-order valence-corrected chi connectivity index (χ1v) is 6.44. The van der Waals surface area contributed by atoms with Crippen molar-refractivity contribution in [2.45, 2.75) is 13.0 Å². The first-order chi connectivity index (χ1) is 10.1. The van der Waals surface area contributed by atoms with Crippen molar-refractivity contribution in [1.82, 2.24) is 0 Å². The predicted octanol–water partition coefficient (Wildman–Crippen LogP) is 2.74. The highest BCUT2D eigenvalue weighted by atomic mass is 16.7. The van der Waals surface area contributed by atoms with E-state index in [0.29, 0.717) is 11.3 Å². The van der Waals surface area contributed by atoms with Crippen molar-refractivity contribution in [2.24, 2.45) is 0 Å². The molecular formula is C16H15NO4. The predicted molar refractivity (Wildman–Crippen MR) is 77.9 cm³/mol. The zero-order valence-electron chi connectivity index (χ0n) is 11.5. The molecule has 5 heteroatoms. The molecule has 2 aromatic rings. The van der Waals surface area contributed by atoms with Crippen LogP contribution >= 0.6 is 0 Å². The average molecular weight is 285 g/mol. The molecule has 0 amide bonds. The first-order valence-electron chi connectivity index (χ1n) is 6.44. The monoisotopic (exact) mass is 285 g/mol. The molecular weight excluding hydrogens is 270 g/mol. The van der Waals surface area contributed by atoms with Gasteiger partial charge in [0.2, 0.25) is 0 Å². The lowest BCUT2D eigenvalue weighted by atomic mass is 10.2. The molecule has 5 nitrogen and oxygen atoms in total. The molecule has 1 N–H and O–H groups in total. The van der Waals surface area contributed by atoms with Gasteiger partial charge >= 0.3 is 11.9 Å². The van der Waals surface area contributed by atoms with Crippen molar-refractivity contribution in [1.29, 1.82) is 0 Å². The number of nitrogens with zero attached hydrogens (tertiary/aromatic N) is 1. The number of para-hydroxylation sites is 1. The number of hydrogen-bond acceptors (Lipinski definition) is 4. The lowest BCUT2D eigenvalue weighted by Gasteiger charge is -2.26. The smallest absolute Gasteiger partial charge is 0.363 e. The summed E-state index contributed by atoms with van der Waals surface area (Å²) in [6.07, 6.45) is 0. The lowest BCUT2D eigenvalue weighted by molar-refractivity contribution is -0.139. The molecule has 0 saturated carbocycles. The fraction of sp³-hybridized carbons (Fsp3) is 0.125. The molecule has 0 radical (unpaired) electrons. The van der Waals surface area contributed by atoms with Gasteiger partial charge in [-0.15, -0.1) is 0 Å². The van der Waals surface area contributed by atoms with Gasteiger partial charge in [-0.1, -0.05) is 36.4 Å². The molecule has 0 fully saturated rings. The maximum atomic E-state index is 12.1. The summed E-state index contributed by atoms with van der Waals surface area (Å²) >= 11 is 0. The van der Waals surface area contributed by atoms with Gasteiger partial charge in [0.05, 0.1) is 11.3 Å². The van der Waals surface area contributed by atoms with Crippen LogP contribution in [0.25, 0.3) is 0 Å². The number of hydrogen-bond donors (Lipinski definition) is 1. The summed E-state index contributed by atoms with van der Waals surface area (Å²) in [5.41, 5.74) is 0.854. The van der Waals surface area contributed by atoms with E-state index in [0.717, 1.165) is 5.06 Å². The molecule has 0 spiro atoms. The fourth-order valence-corrected chi connectivity index (χ4v) is 1.75. The molecule has 0 heterocycles. The standard InChI is InChI=1S/C16H15NO4/c1-12(15(18)19)17(14-10-6-3-7-11-14)21-16(20)13-8-4-2-5-9-13/h2-12H,1H3,(H,18,19). The molecule has 108 valence electrons. The Morgan fingerprint density at radius 2 is 1.52 bits per heavy atom. The third-order valence-corrected chi connectivity index (χ3v) is 2.91. The summed E-state index contributed by atoms with van der Waals surface area (Å²) in [6, 6.07) is 16.1. The number of benzene rings is 2. The summed E-state index contributed by atoms with van der Waals surface area (Å²) in [7, 11) is 0. The number of carboxylic acid groups (broad SMARTS) is 1. The minimum atomic E-state index is -1.08. The second kappa shape index (κ2) is 6.56. The van der Waals surface area contributed by atoms with Gasteiger partial charge in [0, 0.05) is 0 Å².